The van der Waals surface area contributed by atoms with Gasteiger partial charge in [-0.25, -0.2) is 0 Å². The lowest BCUT2D eigenvalue weighted by atomic mass is 10.0. The van der Waals surface area contributed by atoms with Crippen LogP contribution in [0, 0.1) is 0 Å². The van der Waals surface area contributed by atoms with Gasteiger partial charge in [0.05, 0.1) is 25.4 Å². The fourth-order valence-corrected chi connectivity index (χ4v) is 7.99. The van der Waals surface area contributed by atoms with E-state index in [1.807, 2.05) is 0 Å². The van der Waals surface area contributed by atoms with Crippen LogP contribution in [-0.2, 0) is 14.3 Å². The monoisotopic (exact) mass is 794 g/mol. The lowest BCUT2D eigenvalue weighted by molar-refractivity contribution is -0.143. The molecule has 0 aliphatic heterocycles. The second-order valence-corrected chi connectivity index (χ2v) is 17.5. The summed E-state index contributed by atoms with van der Waals surface area (Å²) in [5.41, 5.74) is 0. The third-order valence-electron chi connectivity index (χ3n) is 11.9. The molecule has 0 fully saturated rings. The summed E-state index contributed by atoms with van der Waals surface area (Å²) in [5.74, 6) is -0.0501. The van der Waals surface area contributed by atoms with Crippen LogP contribution in [0.1, 0.15) is 284 Å². The van der Waals surface area contributed by atoms with E-state index >= 15 is 0 Å². The van der Waals surface area contributed by atoms with E-state index in [1.165, 1.54) is 199 Å². The molecule has 0 bridgehead atoms. The second-order valence-electron chi connectivity index (χ2n) is 17.5. The molecule has 0 radical (unpaired) electrons. The van der Waals surface area contributed by atoms with Crippen molar-refractivity contribution in [3.8, 4) is 0 Å². The van der Waals surface area contributed by atoms with Crippen LogP contribution in [0.15, 0.2) is 0 Å². The van der Waals surface area contributed by atoms with Crippen molar-refractivity contribution >= 4 is 11.9 Å². The summed E-state index contributed by atoms with van der Waals surface area (Å²) in [6.07, 6.45) is 50.6. The maximum absolute atomic E-state index is 12.4. The number of unbranched alkanes of at least 4 members (excludes halogenated alkanes) is 36. The predicted octanol–water partition coefficient (Wildman–Crippen LogP) is 14.8. The van der Waals surface area contributed by atoms with E-state index in [-0.39, 0.29) is 18.5 Å². The van der Waals surface area contributed by atoms with Crippen molar-refractivity contribution in [2.24, 2.45) is 0 Å². The van der Waals surface area contributed by atoms with Gasteiger partial charge in [-0.15, -0.1) is 0 Å². The van der Waals surface area contributed by atoms with Crippen molar-refractivity contribution in [1.29, 1.82) is 0 Å². The summed E-state index contributed by atoms with van der Waals surface area (Å²) in [5, 5.41) is 23.2. The zero-order valence-electron chi connectivity index (χ0n) is 37.9. The standard InChI is InChI=1S/C50H99NO5/c1-3-5-7-9-11-13-15-18-22-26-30-34-38-42-48(53)47(46-52)51-49(54)43-39-35-31-27-23-20-17-21-25-29-33-37-41-45-56-50(55)44-40-36-32-28-24-19-16-14-12-10-8-6-4-2/h47-48,52-53H,3-46H2,1-2H3,(H,51,54). The van der Waals surface area contributed by atoms with Crippen LogP contribution < -0.4 is 5.32 Å². The lowest BCUT2D eigenvalue weighted by Gasteiger charge is -2.22. The topological polar surface area (TPSA) is 95.9 Å². The third-order valence-corrected chi connectivity index (χ3v) is 11.9. The Hall–Kier alpha value is -1.14. The number of hydrogen-bond acceptors (Lipinski definition) is 5. The molecule has 0 saturated carbocycles. The molecule has 0 heterocycles. The maximum atomic E-state index is 12.4. The fourth-order valence-electron chi connectivity index (χ4n) is 7.99. The van der Waals surface area contributed by atoms with Crippen molar-refractivity contribution in [2.75, 3.05) is 13.2 Å². The minimum Gasteiger partial charge on any atom is -0.466 e. The minimum absolute atomic E-state index is 0.00348. The quantitative estimate of drug-likeness (QED) is 0.0421. The largest absolute Gasteiger partial charge is 0.466 e. The Morgan fingerprint density at radius 2 is 0.732 bits per heavy atom. The van der Waals surface area contributed by atoms with Crippen molar-refractivity contribution in [3.63, 3.8) is 0 Å². The Kier molecular flexibility index (Phi) is 45.6. The molecule has 0 rings (SSSR count). The molecule has 334 valence electrons. The van der Waals surface area contributed by atoms with Crippen LogP contribution in [-0.4, -0.2) is 47.4 Å². The molecule has 2 atom stereocenters. The van der Waals surface area contributed by atoms with E-state index in [0.717, 1.165) is 51.4 Å². The third kappa shape index (κ3) is 42.5. The number of hydrogen-bond donors (Lipinski definition) is 3. The van der Waals surface area contributed by atoms with Crippen LogP contribution >= 0.6 is 0 Å². The number of aliphatic hydroxyl groups excluding tert-OH is 2. The molecule has 0 saturated heterocycles. The Morgan fingerprint density at radius 1 is 0.429 bits per heavy atom. The zero-order chi connectivity index (χ0) is 40.8. The van der Waals surface area contributed by atoms with E-state index in [2.05, 4.69) is 19.2 Å². The molecule has 0 aliphatic rings. The van der Waals surface area contributed by atoms with Gasteiger partial charge >= 0.3 is 5.97 Å². The molecule has 0 aliphatic carbocycles. The first-order valence-corrected chi connectivity index (χ1v) is 25.3. The van der Waals surface area contributed by atoms with Gasteiger partial charge in [0.15, 0.2) is 0 Å². The summed E-state index contributed by atoms with van der Waals surface area (Å²) >= 11 is 0. The van der Waals surface area contributed by atoms with Crippen LogP contribution in [0.3, 0.4) is 0 Å². The summed E-state index contributed by atoms with van der Waals surface area (Å²) in [4.78, 5) is 24.4. The van der Waals surface area contributed by atoms with E-state index in [1.54, 1.807) is 0 Å². The molecular weight excluding hydrogens is 695 g/mol. The van der Waals surface area contributed by atoms with E-state index in [4.69, 9.17) is 4.74 Å². The molecule has 0 aromatic rings. The van der Waals surface area contributed by atoms with Crippen molar-refractivity contribution in [2.45, 2.75) is 296 Å². The number of nitrogens with one attached hydrogen (secondary N) is 1. The smallest absolute Gasteiger partial charge is 0.305 e. The van der Waals surface area contributed by atoms with Gasteiger partial charge in [0.25, 0.3) is 0 Å². The Balaban J connectivity index is 3.43. The number of aliphatic hydroxyl groups is 2. The highest BCUT2D eigenvalue weighted by atomic mass is 16.5. The number of carbonyl (C=O) groups excluding carboxylic acids is 2. The highest BCUT2D eigenvalue weighted by Crippen LogP contribution is 2.17. The molecule has 0 aromatic carbocycles. The van der Waals surface area contributed by atoms with Crippen LogP contribution in [0.25, 0.3) is 0 Å². The molecular formula is C50H99NO5. The number of ether oxygens (including phenoxy) is 1. The lowest BCUT2D eigenvalue weighted by Crippen LogP contribution is -2.45. The average Bonchev–Trinajstić information content (AvgIpc) is 3.20. The molecule has 1 amide bonds. The second kappa shape index (κ2) is 46.5. The summed E-state index contributed by atoms with van der Waals surface area (Å²) < 4.78 is 5.46. The molecule has 0 aromatic heterocycles. The number of carbonyl (C=O) groups is 2. The van der Waals surface area contributed by atoms with Crippen LogP contribution in [0.5, 0.6) is 0 Å². The Morgan fingerprint density at radius 3 is 1.09 bits per heavy atom. The maximum Gasteiger partial charge on any atom is 0.305 e. The zero-order valence-corrected chi connectivity index (χ0v) is 37.9. The number of rotatable bonds is 47. The molecule has 6 heteroatoms. The van der Waals surface area contributed by atoms with Gasteiger partial charge in [-0.3, -0.25) is 9.59 Å². The first-order chi connectivity index (χ1) is 27.5. The Labute approximate surface area is 349 Å². The van der Waals surface area contributed by atoms with Crippen LogP contribution in [0.4, 0.5) is 0 Å². The minimum atomic E-state index is -0.670. The van der Waals surface area contributed by atoms with Gasteiger partial charge in [0.2, 0.25) is 5.91 Å². The molecule has 3 N–H and O–H groups in total. The summed E-state index contributed by atoms with van der Waals surface area (Å²) in [7, 11) is 0. The van der Waals surface area contributed by atoms with E-state index in [9.17, 15) is 19.8 Å². The van der Waals surface area contributed by atoms with Gasteiger partial charge < -0.3 is 20.3 Å². The Bertz CT molecular complexity index is 791. The van der Waals surface area contributed by atoms with Crippen molar-refractivity contribution < 1.29 is 24.5 Å². The fraction of sp³-hybridized carbons (Fsp3) is 0.960. The SMILES string of the molecule is CCCCCCCCCCCCCCCC(=O)OCCCCCCCCCCCCCCCC(=O)NC(CO)C(O)CCCCCCCCCCCCCCC. The van der Waals surface area contributed by atoms with Gasteiger partial charge in [0.1, 0.15) is 0 Å². The highest BCUT2D eigenvalue weighted by molar-refractivity contribution is 5.76. The molecule has 2 unspecified atom stereocenters. The highest BCUT2D eigenvalue weighted by Gasteiger charge is 2.20. The van der Waals surface area contributed by atoms with Gasteiger partial charge in [0, 0.05) is 12.8 Å². The van der Waals surface area contributed by atoms with Gasteiger partial charge in [-0.2, -0.15) is 0 Å². The summed E-state index contributed by atoms with van der Waals surface area (Å²) in [6.45, 7) is 4.93. The van der Waals surface area contributed by atoms with Gasteiger partial charge in [-0.1, -0.05) is 245 Å². The van der Waals surface area contributed by atoms with Crippen LogP contribution in [0.2, 0.25) is 0 Å². The first kappa shape index (κ1) is 54.9. The van der Waals surface area contributed by atoms with E-state index < -0.39 is 12.1 Å². The van der Waals surface area contributed by atoms with Crippen molar-refractivity contribution in [1.82, 2.24) is 5.32 Å². The predicted molar refractivity (Wildman–Crippen MR) is 241 cm³/mol. The number of esters is 1. The molecule has 0 spiro atoms. The summed E-state index contributed by atoms with van der Waals surface area (Å²) in [6, 6.07) is -0.548. The normalized spacial score (nSPS) is 12.6. The molecule has 56 heavy (non-hydrogen) atoms. The van der Waals surface area contributed by atoms with Gasteiger partial charge in [-0.05, 0) is 25.7 Å². The first-order valence-electron chi connectivity index (χ1n) is 25.3. The number of amides is 1. The average molecular weight is 794 g/mol. The molecule has 6 nitrogen and oxygen atoms in total. The van der Waals surface area contributed by atoms with Crippen molar-refractivity contribution in [3.05, 3.63) is 0 Å². The van der Waals surface area contributed by atoms with E-state index in [0.29, 0.717) is 25.9 Å².